The predicted molar refractivity (Wildman–Crippen MR) is 98.6 cm³/mol. The number of carbonyl (C=O) groups excluding carboxylic acids is 1. The molecule has 3 rings (SSSR count). The molecule has 1 heterocycles. The third-order valence-electron chi connectivity index (χ3n) is 4.89. The molecular weight excluding hydrogens is 372 g/mol. The molecule has 2 aromatic rings. The molecule has 0 radical (unpaired) electrons. The molecule has 1 amide bonds. The Balaban J connectivity index is 1.92. The van der Waals surface area contributed by atoms with Gasteiger partial charge in [-0.25, -0.2) is 8.42 Å². The lowest BCUT2D eigenvalue weighted by Crippen LogP contribution is -2.35. The number of amides is 1. The number of likely N-dealkylation sites (tertiary alicyclic amines) is 1. The first-order valence-corrected chi connectivity index (χ1v) is 10.4. The summed E-state index contributed by atoms with van der Waals surface area (Å²) in [5, 5.41) is 0. The summed E-state index contributed by atoms with van der Waals surface area (Å²) >= 11 is 0. The van der Waals surface area contributed by atoms with Crippen LogP contribution >= 0.6 is 0 Å². The van der Waals surface area contributed by atoms with E-state index in [4.69, 9.17) is 0 Å². The van der Waals surface area contributed by atoms with Gasteiger partial charge in [0.1, 0.15) is 0 Å². The lowest BCUT2D eigenvalue weighted by atomic mass is 9.94. The molecule has 1 aliphatic heterocycles. The lowest BCUT2D eigenvalue weighted by Gasteiger charge is -2.25. The monoisotopic (exact) mass is 393 g/mol. The number of rotatable bonds is 4. The zero-order chi connectivity index (χ0) is 19.4. The largest absolute Gasteiger partial charge is 0.341 e. The summed E-state index contributed by atoms with van der Waals surface area (Å²) in [4.78, 5) is 14.0. The zero-order valence-electron chi connectivity index (χ0n) is 14.7. The highest BCUT2D eigenvalue weighted by molar-refractivity contribution is 7.91. The molecule has 1 aliphatic rings. The molecule has 0 bridgehead atoms. The van der Waals surface area contributed by atoms with Crippen LogP contribution in [0.1, 0.15) is 41.1 Å². The van der Waals surface area contributed by atoms with Gasteiger partial charge >= 0.3 is 5.76 Å². The number of nitrogens with zero attached hydrogens (tertiary/aromatic N) is 1. The fraction of sp³-hybridized carbons (Fsp3) is 0.350. The van der Waals surface area contributed by atoms with Gasteiger partial charge in [0.25, 0.3) is 5.91 Å². The third kappa shape index (κ3) is 4.18. The van der Waals surface area contributed by atoms with Crippen LogP contribution < -0.4 is 0 Å². The Morgan fingerprint density at radius 3 is 2.37 bits per heavy atom. The standard InChI is InChI=1S/C20H21F2NO3S/c21-20(22)27(25,26)18-12-5-4-11-17(18)19(24)23-13-7-6-10-16(14-23)15-8-2-1-3-9-15/h1-5,8-9,11-12,16,20H,6-7,10,13-14H2/t16-/m0/s1. The van der Waals surface area contributed by atoms with Crippen LogP contribution in [0.4, 0.5) is 8.78 Å². The number of carbonyl (C=O) groups is 1. The van der Waals surface area contributed by atoms with E-state index in [9.17, 15) is 22.0 Å². The van der Waals surface area contributed by atoms with Crippen molar-refractivity contribution in [1.29, 1.82) is 0 Å². The molecule has 0 aliphatic carbocycles. The van der Waals surface area contributed by atoms with Gasteiger partial charge in [0.2, 0.25) is 9.84 Å². The molecule has 0 unspecified atom stereocenters. The minimum Gasteiger partial charge on any atom is -0.338 e. The summed E-state index contributed by atoms with van der Waals surface area (Å²) < 4.78 is 50.0. The fourth-order valence-corrected chi connectivity index (χ4v) is 4.40. The van der Waals surface area contributed by atoms with Crippen molar-refractivity contribution in [3.63, 3.8) is 0 Å². The topological polar surface area (TPSA) is 54.5 Å². The lowest BCUT2D eigenvalue weighted by molar-refractivity contribution is 0.0750. The van der Waals surface area contributed by atoms with Gasteiger partial charge in [-0.3, -0.25) is 4.79 Å². The Bertz CT molecular complexity index is 900. The number of hydrogen-bond acceptors (Lipinski definition) is 3. The van der Waals surface area contributed by atoms with E-state index >= 15 is 0 Å². The number of sulfone groups is 1. The molecule has 4 nitrogen and oxygen atoms in total. The molecule has 144 valence electrons. The molecule has 1 saturated heterocycles. The average Bonchev–Trinajstić information content (AvgIpc) is 2.94. The Morgan fingerprint density at radius 2 is 1.67 bits per heavy atom. The maximum absolute atomic E-state index is 13.0. The van der Waals surface area contributed by atoms with Gasteiger partial charge in [-0.15, -0.1) is 0 Å². The fourth-order valence-electron chi connectivity index (χ4n) is 3.48. The minimum atomic E-state index is -4.85. The summed E-state index contributed by atoms with van der Waals surface area (Å²) in [6, 6.07) is 15.0. The van der Waals surface area contributed by atoms with Crippen LogP contribution in [0.15, 0.2) is 59.5 Å². The summed E-state index contributed by atoms with van der Waals surface area (Å²) in [6.07, 6.45) is 2.66. The van der Waals surface area contributed by atoms with Crippen LogP contribution in [0.5, 0.6) is 0 Å². The van der Waals surface area contributed by atoms with Crippen molar-refractivity contribution in [2.24, 2.45) is 0 Å². The van der Waals surface area contributed by atoms with Gasteiger partial charge in [-0.05, 0) is 30.5 Å². The minimum absolute atomic E-state index is 0.136. The Kier molecular flexibility index (Phi) is 5.89. The highest BCUT2D eigenvalue weighted by Gasteiger charge is 2.33. The highest BCUT2D eigenvalue weighted by Crippen LogP contribution is 2.29. The second kappa shape index (κ2) is 8.17. The van der Waals surface area contributed by atoms with Gasteiger partial charge in [0.05, 0.1) is 10.5 Å². The van der Waals surface area contributed by atoms with Crippen molar-refractivity contribution in [3.05, 3.63) is 65.7 Å². The molecule has 0 N–H and O–H groups in total. The van der Waals surface area contributed by atoms with Crippen LogP contribution in [0, 0.1) is 0 Å². The summed E-state index contributed by atoms with van der Waals surface area (Å²) in [5.74, 6) is -3.94. The maximum Gasteiger partial charge on any atom is 0.341 e. The van der Waals surface area contributed by atoms with E-state index in [-0.39, 0.29) is 11.5 Å². The molecule has 0 aromatic heterocycles. The second-order valence-corrected chi connectivity index (χ2v) is 8.54. The molecule has 7 heteroatoms. The SMILES string of the molecule is O=C(c1ccccc1S(=O)(=O)C(F)F)N1CCCC[C@H](c2ccccc2)C1. The second-order valence-electron chi connectivity index (χ2n) is 6.66. The van der Waals surface area contributed by atoms with Crippen molar-refractivity contribution < 1.29 is 22.0 Å². The maximum atomic E-state index is 13.0. The Morgan fingerprint density at radius 1 is 1.00 bits per heavy atom. The van der Waals surface area contributed by atoms with E-state index in [1.54, 1.807) is 4.90 Å². The van der Waals surface area contributed by atoms with Gasteiger partial charge < -0.3 is 4.90 Å². The number of hydrogen-bond donors (Lipinski definition) is 0. The quantitative estimate of drug-likeness (QED) is 0.786. The van der Waals surface area contributed by atoms with E-state index < -0.39 is 26.4 Å². The average molecular weight is 393 g/mol. The van der Waals surface area contributed by atoms with E-state index in [0.29, 0.717) is 13.1 Å². The number of halogens is 2. The van der Waals surface area contributed by atoms with Crippen LogP contribution in [0.3, 0.4) is 0 Å². The summed E-state index contributed by atoms with van der Waals surface area (Å²) in [5.41, 5.74) is 0.928. The molecule has 0 saturated carbocycles. The zero-order valence-corrected chi connectivity index (χ0v) is 15.5. The van der Waals surface area contributed by atoms with Crippen LogP contribution in [0.2, 0.25) is 0 Å². The molecule has 0 spiro atoms. The number of benzene rings is 2. The van der Waals surface area contributed by atoms with Gasteiger partial charge in [-0.2, -0.15) is 8.78 Å². The van der Waals surface area contributed by atoms with Crippen molar-refractivity contribution in [1.82, 2.24) is 4.90 Å². The smallest absolute Gasteiger partial charge is 0.338 e. The molecule has 2 aromatic carbocycles. The molecule has 1 atom stereocenters. The molecular formula is C20H21F2NO3S. The van der Waals surface area contributed by atoms with E-state index in [2.05, 4.69) is 0 Å². The van der Waals surface area contributed by atoms with Crippen LogP contribution in [0.25, 0.3) is 0 Å². The molecule has 1 fully saturated rings. The summed E-state index contributed by atoms with van der Waals surface area (Å²) in [6.45, 7) is 0.914. The Hall–Kier alpha value is -2.28. The van der Waals surface area contributed by atoms with E-state index in [1.807, 2.05) is 30.3 Å². The summed E-state index contributed by atoms with van der Waals surface area (Å²) in [7, 11) is -4.85. The first-order chi connectivity index (χ1) is 12.9. The van der Waals surface area contributed by atoms with Crippen molar-refractivity contribution >= 4 is 15.7 Å². The van der Waals surface area contributed by atoms with Crippen molar-refractivity contribution in [2.75, 3.05) is 13.1 Å². The van der Waals surface area contributed by atoms with E-state index in [0.717, 1.165) is 30.9 Å². The van der Waals surface area contributed by atoms with E-state index in [1.165, 1.54) is 18.2 Å². The highest BCUT2D eigenvalue weighted by atomic mass is 32.2. The van der Waals surface area contributed by atoms with Gasteiger partial charge in [0, 0.05) is 19.0 Å². The molecule has 27 heavy (non-hydrogen) atoms. The number of alkyl halides is 2. The first kappa shape index (κ1) is 19.5. The van der Waals surface area contributed by atoms with Gasteiger partial charge in [0.15, 0.2) is 0 Å². The van der Waals surface area contributed by atoms with Crippen LogP contribution in [-0.2, 0) is 9.84 Å². The van der Waals surface area contributed by atoms with Crippen molar-refractivity contribution in [2.45, 2.75) is 35.8 Å². The normalized spacial score (nSPS) is 18.3. The van der Waals surface area contributed by atoms with Gasteiger partial charge in [-0.1, -0.05) is 48.9 Å². The van der Waals surface area contributed by atoms with Crippen molar-refractivity contribution in [3.8, 4) is 0 Å². The first-order valence-electron chi connectivity index (χ1n) is 8.86. The Labute approximate surface area is 157 Å². The van der Waals surface area contributed by atoms with Crippen LogP contribution in [-0.4, -0.2) is 38.1 Å². The predicted octanol–water partition coefficient (Wildman–Crippen LogP) is 4.09. The third-order valence-corrected chi connectivity index (χ3v) is 6.33.